The number of carbonyl (C=O) groups is 3. The molecule has 0 aromatic heterocycles. The number of nitrogens with two attached hydrogens (primary N) is 1. The first kappa shape index (κ1) is 42.2. The zero-order valence-electron chi connectivity index (χ0n) is 27.3. The van der Waals surface area contributed by atoms with Crippen molar-refractivity contribution in [2.45, 2.75) is 124 Å². The van der Waals surface area contributed by atoms with Gasteiger partial charge in [0.2, 0.25) is 11.8 Å². The summed E-state index contributed by atoms with van der Waals surface area (Å²) in [4.78, 5) is 36.2. The van der Waals surface area contributed by atoms with Gasteiger partial charge in [0.05, 0.1) is 38.6 Å². The molecule has 22 nitrogen and oxygen atoms in total. The lowest BCUT2D eigenvalue weighted by Gasteiger charge is -2.48. The fourth-order valence-corrected chi connectivity index (χ4v) is 5.86. The van der Waals surface area contributed by atoms with Gasteiger partial charge in [0.1, 0.15) is 67.1 Å². The highest BCUT2D eigenvalue weighted by Crippen LogP contribution is 2.35. The van der Waals surface area contributed by atoms with Crippen molar-refractivity contribution in [1.29, 1.82) is 0 Å². The predicted molar refractivity (Wildman–Crippen MR) is 159 cm³/mol. The Kier molecular flexibility index (Phi) is 15.6. The van der Waals surface area contributed by atoms with Crippen molar-refractivity contribution >= 4 is 17.8 Å². The lowest BCUT2D eigenvalue weighted by molar-refractivity contribution is -0.360. The highest BCUT2D eigenvalue weighted by molar-refractivity contribution is 5.76. The van der Waals surface area contributed by atoms with Crippen LogP contribution in [0.1, 0.15) is 26.7 Å². The van der Waals surface area contributed by atoms with E-state index in [1.54, 1.807) is 0 Å². The predicted octanol–water partition coefficient (Wildman–Crippen LogP) is -7.71. The van der Waals surface area contributed by atoms with E-state index in [2.05, 4.69) is 10.6 Å². The maximum atomic E-state index is 12.5. The van der Waals surface area contributed by atoms with Gasteiger partial charge in [0.25, 0.3) is 5.79 Å². The molecule has 16 atom stereocenters. The molecule has 7 unspecified atom stereocenters. The minimum Gasteiger partial charge on any atom is -0.477 e. The molecule has 0 saturated carbocycles. The van der Waals surface area contributed by atoms with Crippen LogP contribution in [0, 0.1) is 0 Å². The topological polar surface area (TPSA) is 359 Å². The van der Waals surface area contributed by atoms with E-state index >= 15 is 0 Å². The number of aliphatic hydroxyl groups excluding tert-OH is 9. The van der Waals surface area contributed by atoms with Gasteiger partial charge in [-0.05, 0) is 13.0 Å². The second kappa shape index (κ2) is 18.5. The molecule has 3 fully saturated rings. The van der Waals surface area contributed by atoms with Crippen molar-refractivity contribution in [3.63, 3.8) is 0 Å². The first-order chi connectivity index (χ1) is 23.5. The van der Waals surface area contributed by atoms with Gasteiger partial charge in [-0.2, -0.15) is 0 Å². The number of aliphatic carboxylic acids is 1. The molecule has 0 radical (unpaired) electrons. The summed E-state index contributed by atoms with van der Waals surface area (Å²) in [5, 5.41) is 109. The Labute approximate surface area is 285 Å². The van der Waals surface area contributed by atoms with Crippen LogP contribution < -0.4 is 16.4 Å². The van der Waals surface area contributed by atoms with E-state index in [-0.39, 0.29) is 13.2 Å². The third-order valence-corrected chi connectivity index (χ3v) is 8.48. The van der Waals surface area contributed by atoms with Crippen molar-refractivity contribution in [3.05, 3.63) is 0 Å². The Morgan fingerprint density at radius 3 is 2.08 bits per heavy atom. The summed E-state index contributed by atoms with van der Waals surface area (Å²) >= 11 is 0. The van der Waals surface area contributed by atoms with E-state index in [0.29, 0.717) is 6.42 Å². The summed E-state index contributed by atoms with van der Waals surface area (Å²) in [5.41, 5.74) is 5.49. The molecule has 14 N–H and O–H groups in total. The normalized spacial score (nSPS) is 40.4. The number of ether oxygens (including phenoxy) is 6. The second-order valence-electron chi connectivity index (χ2n) is 12.3. The highest BCUT2D eigenvalue weighted by Gasteiger charge is 2.57. The van der Waals surface area contributed by atoms with E-state index in [1.165, 1.54) is 0 Å². The lowest BCUT2D eigenvalue weighted by Crippen LogP contribution is -2.69. The third-order valence-electron chi connectivity index (χ3n) is 8.48. The summed E-state index contributed by atoms with van der Waals surface area (Å²) in [6.45, 7) is -0.200. The van der Waals surface area contributed by atoms with Gasteiger partial charge in [-0.15, -0.1) is 0 Å². The number of carboxylic acid groups (broad SMARTS) is 1. The maximum absolute atomic E-state index is 12.5. The van der Waals surface area contributed by atoms with Crippen molar-refractivity contribution in [2.75, 3.05) is 33.0 Å². The maximum Gasteiger partial charge on any atom is 0.364 e. The minimum absolute atomic E-state index is 0.0675. The largest absolute Gasteiger partial charge is 0.477 e. The van der Waals surface area contributed by atoms with Crippen LogP contribution in [-0.2, 0) is 42.8 Å². The van der Waals surface area contributed by atoms with E-state index in [1.807, 2.05) is 0 Å². The number of hydrogen-bond donors (Lipinski definition) is 13. The number of nitrogens with one attached hydrogen (secondary N) is 2. The molecule has 50 heavy (non-hydrogen) atoms. The molecule has 3 rings (SSSR count). The fraction of sp³-hybridized carbons (Fsp3) is 0.893. The zero-order valence-corrected chi connectivity index (χ0v) is 27.3. The molecule has 0 spiro atoms. The average molecular weight is 732 g/mol. The van der Waals surface area contributed by atoms with Crippen LogP contribution in [0.25, 0.3) is 0 Å². The van der Waals surface area contributed by atoms with Gasteiger partial charge in [0.15, 0.2) is 12.6 Å². The van der Waals surface area contributed by atoms with Gasteiger partial charge in [-0.1, -0.05) is 0 Å². The monoisotopic (exact) mass is 731 g/mol. The first-order valence-electron chi connectivity index (χ1n) is 15.9. The quantitative estimate of drug-likeness (QED) is 0.0655. The standard InChI is InChI=1S/C28H49N3O19/c1-10(34)30-16-12(36)6-28(27(43)44,50-24(16)18(38)13(37)7-32)46-9-15-19(39)21(41)22(42)26(48-15)49-23-14(8-33)47-25(45-5-3-4-29)17(20(23)40)31-11(2)35/h12-26,32-33,36-42H,3-9,29H2,1-2H3,(H,30,34)(H,31,35)(H,43,44)/t12-,13?,14?,15?,16+,17+,18?,19-,20?,21?,22+,23-,24?,25+,26-,28+/m0/s1. The van der Waals surface area contributed by atoms with Crippen molar-refractivity contribution < 1.29 is 93.9 Å². The number of aliphatic hydroxyl groups is 9. The number of hydrogen-bond acceptors (Lipinski definition) is 19. The Morgan fingerprint density at radius 2 is 1.52 bits per heavy atom. The van der Waals surface area contributed by atoms with Gasteiger partial charge in [-0.25, -0.2) is 4.79 Å². The van der Waals surface area contributed by atoms with E-state index in [4.69, 9.17) is 34.2 Å². The molecule has 22 heteroatoms. The Balaban J connectivity index is 1.83. The van der Waals surface area contributed by atoms with Gasteiger partial charge >= 0.3 is 5.97 Å². The van der Waals surface area contributed by atoms with E-state index in [0.717, 1.165) is 13.8 Å². The van der Waals surface area contributed by atoms with Crippen LogP contribution in [0.4, 0.5) is 0 Å². The summed E-state index contributed by atoms with van der Waals surface area (Å²) in [6, 6.07) is -2.76. The number of amides is 2. The summed E-state index contributed by atoms with van der Waals surface area (Å²) in [5.74, 6) is -6.02. The lowest BCUT2D eigenvalue weighted by atomic mass is 9.88. The van der Waals surface area contributed by atoms with Crippen LogP contribution in [-0.4, -0.2) is 199 Å². The van der Waals surface area contributed by atoms with Crippen LogP contribution >= 0.6 is 0 Å². The summed E-state index contributed by atoms with van der Waals surface area (Å²) in [6.07, 6.45) is -23.6. The van der Waals surface area contributed by atoms with E-state index in [9.17, 15) is 65.4 Å². The second-order valence-corrected chi connectivity index (χ2v) is 12.3. The van der Waals surface area contributed by atoms with E-state index < -0.39 is 142 Å². The number of rotatable bonds is 16. The van der Waals surface area contributed by atoms with Crippen molar-refractivity contribution in [3.8, 4) is 0 Å². The molecule has 0 aliphatic carbocycles. The molecule has 2 amide bonds. The minimum atomic E-state index is -2.84. The first-order valence-corrected chi connectivity index (χ1v) is 15.9. The highest BCUT2D eigenvalue weighted by atomic mass is 16.8. The zero-order chi connectivity index (χ0) is 37.5. The molecular weight excluding hydrogens is 682 g/mol. The number of carboxylic acids is 1. The smallest absolute Gasteiger partial charge is 0.364 e. The van der Waals surface area contributed by atoms with Gasteiger partial charge in [0, 0.05) is 20.3 Å². The average Bonchev–Trinajstić information content (AvgIpc) is 3.06. The Bertz CT molecular complexity index is 1120. The molecule has 0 bridgehead atoms. The van der Waals surface area contributed by atoms with Crippen LogP contribution in [0.3, 0.4) is 0 Å². The van der Waals surface area contributed by atoms with Crippen molar-refractivity contribution in [1.82, 2.24) is 10.6 Å². The molecule has 0 aromatic rings. The molecule has 3 saturated heterocycles. The van der Waals surface area contributed by atoms with Gasteiger partial charge < -0.3 is 95.9 Å². The molecule has 3 aliphatic rings. The molecule has 3 aliphatic heterocycles. The molecule has 3 heterocycles. The Hall–Kier alpha value is -2.23. The molecule has 0 aromatic carbocycles. The van der Waals surface area contributed by atoms with Crippen LogP contribution in [0.2, 0.25) is 0 Å². The summed E-state index contributed by atoms with van der Waals surface area (Å²) in [7, 11) is 0. The Morgan fingerprint density at radius 1 is 0.900 bits per heavy atom. The molecule has 290 valence electrons. The fourth-order valence-electron chi connectivity index (χ4n) is 5.86. The summed E-state index contributed by atoms with van der Waals surface area (Å²) < 4.78 is 33.7. The molecular formula is C28H49N3O19. The van der Waals surface area contributed by atoms with Crippen LogP contribution in [0.15, 0.2) is 0 Å². The van der Waals surface area contributed by atoms with Gasteiger partial charge in [-0.3, -0.25) is 9.59 Å². The SMILES string of the molecule is CC(=O)N[C@@H]1C(O)[C@@H](O[C@@H]2OC(CO[C@]3(C(=O)O)C[C@H](O)[C@@H](NC(C)=O)C(C(O)C(O)CO)O3)[C@H](O)C(O)[C@H]2O)C(CO)O[C@H]1OCCCN. The number of carbonyl (C=O) groups excluding carboxylic acids is 2. The van der Waals surface area contributed by atoms with Crippen LogP contribution in [0.5, 0.6) is 0 Å². The third kappa shape index (κ3) is 9.80. The van der Waals surface area contributed by atoms with Crippen molar-refractivity contribution in [2.24, 2.45) is 5.73 Å².